The van der Waals surface area contributed by atoms with Crippen molar-refractivity contribution >= 4 is 23.2 Å². The van der Waals surface area contributed by atoms with Crippen molar-refractivity contribution in [1.82, 2.24) is 15.1 Å². The van der Waals surface area contributed by atoms with Crippen molar-refractivity contribution in [3.05, 3.63) is 51.4 Å². The molecule has 0 aliphatic carbocycles. The first-order valence-corrected chi connectivity index (χ1v) is 9.56. The minimum absolute atomic E-state index is 0.000717. The average Bonchev–Trinajstić information content (AvgIpc) is 2.65. The smallest absolute Gasteiger partial charge is 0.292 e. The van der Waals surface area contributed by atoms with Crippen molar-refractivity contribution in [3.63, 3.8) is 0 Å². The molecule has 1 saturated heterocycles. The van der Waals surface area contributed by atoms with Crippen LogP contribution in [-0.4, -0.2) is 34.8 Å². The van der Waals surface area contributed by atoms with Crippen LogP contribution in [0.3, 0.4) is 0 Å². The Morgan fingerprint density at radius 3 is 2.86 bits per heavy atom. The Morgan fingerprint density at radius 1 is 1.36 bits per heavy atom. The number of anilines is 1. The molecule has 1 N–H and O–H groups in total. The number of carbonyl (C=O) groups is 1. The van der Waals surface area contributed by atoms with E-state index in [0.29, 0.717) is 31.3 Å². The van der Waals surface area contributed by atoms with Gasteiger partial charge in [0.15, 0.2) is 5.82 Å². The predicted octanol–water partition coefficient (Wildman–Crippen LogP) is 3.05. The fourth-order valence-corrected chi connectivity index (χ4v) is 3.56. The van der Waals surface area contributed by atoms with Gasteiger partial charge in [-0.25, -0.2) is 8.78 Å². The molecule has 1 aromatic heterocycles. The molecule has 3 rings (SSSR count). The number of nitrogens with zero attached hydrogens (tertiary/aromatic N) is 3. The minimum Gasteiger partial charge on any atom is -0.367 e. The summed E-state index contributed by atoms with van der Waals surface area (Å²) in [6.07, 6.45) is 4.30. The molecule has 1 aromatic carbocycles. The third-order valence-corrected chi connectivity index (χ3v) is 5.00. The Kier molecular flexibility index (Phi) is 6.28. The highest BCUT2D eigenvalue weighted by Crippen LogP contribution is 2.25. The molecule has 2 heterocycles. The second-order valence-corrected chi connectivity index (χ2v) is 7.14. The van der Waals surface area contributed by atoms with E-state index in [1.54, 1.807) is 0 Å². The number of hydrogen-bond donors (Lipinski definition) is 1. The van der Waals surface area contributed by atoms with E-state index < -0.39 is 17.2 Å². The van der Waals surface area contributed by atoms with Crippen LogP contribution >= 0.6 is 11.6 Å². The second kappa shape index (κ2) is 8.68. The number of piperidine rings is 1. The maximum Gasteiger partial charge on any atom is 0.292 e. The van der Waals surface area contributed by atoms with Crippen molar-refractivity contribution in [1.29, 1.82) is 0 Å². The molecule has 28 heavy (non-hydrogen) atoms. The topological polar surface area (TPSA) is 67.2 Å². The van der Waals surface area contributed by atoms with Crippen LogP contribution in [0.15, 0.2) is 29.2 Å². The zero-order valence-corrected chi connectivity index (χ0v) is 16.2. The number of halogens is 3. The van der Waals surface area contributed by atoms with Crippen LogP contribution in [0, 0.1) is 11.6 Å². The Morgan fingerprint density at radius 2 is 2.14 bits per heavy atom. The molecule has 0 bridgehead atoms. The van der Waals surface area contributed by atoms with Gasteiger partial charge in [0.1, 0.15) is 16.5 Å². The van der Waals surface area contributed by atoms with Crippen LogP contribution in [0.2, 0.25) is 5.02 Å². The van der Waals surface area contributed by atoms with Gasteiger partial charge < -0.3 is 10.2 Å². The van der Waals surface area contributed by atoms with Gasteiger partial charge in [0.25, 0.3) is 5.56 Å². The lowest BCUT2D eigenvalue weighted by molar-refractivity contribution is -0.121. The van der Waals surface area contributed by atoms with Crippen molar-refractivity contribution < 1.29 is 13.6 Å². The van der Waals surface area contributed by atoms with Crippen LogP contribution in [0.4, 0.5) is 14.5 Å². The first kappa shape index (κ1) is 20.3. The molecule has 0 spiro atoms. The van der Waals surface area contributed by atoms with E-state index >= 15 is 0 Å². The molecule has 6 nitrogen and oxygen atoms in total. The maximum absolute atomic E-state index is 14.0. The molecular formula is C19H21ClF2N4O2. The fraction of sp³-hybridized carbons (Fsp3) is 0.421. The average molecular weight is 411 g/mol. The molecule has 0 saturated carbocycles. The zero-order chi connectivity index (χ0) is 20.3. The first-order chi connectivity index (χ1) is 13.4. The molecule has 0 radical (unpaired) electrons. The third-order valence-electron chi connectivity index (χ3n) is 4.64. The third kappa shape index (κ3) is 4.32. The monoisotopic (exact) mass is 410 g/mol. The number of nitrogens with one attached hydrogen (secondary N) is 1. The van der Waals surface area contributed by atoms with E-state index in [1.165, 1.54) is 6.20 Å². The highest BCUT2D eigenvalue weighted by atomic mass is 35.5. The molecule has 1 aliphatic heterocycles. The number of benzene rings is 1. The van der Waals surface area contributed by atoms with Crippen LogP contribution < -0.4 is 15.8 Å². The van der Waals surface area contributed by atoms with E-state index in [1.807, 2.05) is 11.8 Å². The van der Waals surface area contributed by atoms with Gasteiger partial charge in [-0.1, -0.05) is 18.5 Å². The lowest BCUT2D eigenvalue weighted by Crippen LogP contribution is -2.48. The normalized spacial score (nSPS) is 16.9. The van der Waals surface area contributed by atoms with Crippen molar-refractivity contribution in [2.24, 2.45) is 0 Å². The number of aromatic nitrogens is 2. The summed E-state index contributed by atoms with van der Waals surface area (Å²) in [6, 6.07) is 2.82. The van der Waals surface area contributed by atoms with E-state index in [0.717, 1.165) is 36.1 Å². The SMILES string of the molecule is CCCC(=O)NC1CCCN(c2cnn(-c3ccc(F)cc3F)c(=O)c2Cl)C1. The highest BCUT2D eigenvalue weighted by Gasteiger charge is 2.25. The van der Waals surface area contributed by atoms with E-state index in [2.05, 4.69) is 10.4 Å². The van der Waals surface area contributed by atoms with Crippen LogP contribution in [0.1, 0.15) is 32.6 Å². The van der Waals surface area contributed by atoms with Gasteiger partial charge in [0, 0.05) is 31.6 Å². The van der Waals surface area contributed by atoms with Crippen molar-refractivity contribution in [2.75, 3.05) is 18.0 Å². The molecule has 1 amide bonds. The predicted molar refractivity (Wildman–Crippen MR) is 103 cm³/mol. The summed E-state index contributed by atoms with van der Waals surface area (Å²) >= 11 is 6.27. The summed E-state index contributed by atoms with van der Waals surface area (Å²) < 4.78 is 27.9. The fourth-order valence-electron chi connectivity index (χ4n) is 3.31. The van der Waals surface area contributed by atoms with Gasteiger partial charge in [-0.3, -0.25) is 9.59 Å². The lowest BCUT2D eigenvalue weighted by Gasteiger charge is -2.34. The van der Waals surface area contributed by atoms with E-state index in [9.17, 15) is 18.4 Å². The second-order valence-electron chi connectivity index (χ2n) is 6.76. The molecule has 150 valence electrons. The molecular weight excluding hydrogens is 390 g/mol. The van der Waals surface area contributed by atoms with Gasteiger partial charge in [-0.05, 0) is 31.4 Å². The Bertz CT molecular complexity index is 935. The summed E-state index contributed by atoms with van der Waals surface area (Å²) in [5, 5.41) is 6.91. The summed E-state index contributed by atoms with van der Waals surface area (Å²) in [4.78, 5) is 26.4. The summed E-state index contributed by atoms with van der Waals surface area (Å²) in [6.45, 7) is 3.11. The van der Waals surface area contributed by atoms with Crippen LogP contribution in [-0.2, 0) is 4.79 Å². The summed E-state index contributed by atoms with van der Waals surface area (Å²) in [7, 11) is 0. The van der Waals surface area contributed by atoms with Crippen LogP contribution in [0.25, 0.3) is 5.69 Å². The van der Waals surface area contributed by atoms with Crippen molar-refractivity contribution in [3.8, 4) is 5.69 Å². The zero-order valence-electron chi connectivity index (χ0n) is 15.4. The molecule has 1 unspecified atom stereocenters. The van der Waals surface area contributed by atoms with E-state index in [4.69, 9.17) is 11.6 Å². The standard InChI is InChI=1S/C19H21ClF2N4O2/c1-2-4-17(27)24-13-5-3-8-25(11-13)16-10-23-26(19(28)18(16)20)15-7-6-12(21)9-14(15)22/h6-7,9-10,13H,2-5,8,11H2,1H3,(H,24,27). The van der Waals surface area contributed by atoms with E-state index in [-0.39, 0.29) is 22.7 Å². The number of carbonyl (C=O) groups excluding carboxylic acids is 1. The largest absolute Gasteiger partial charge is 0.367 e. The molecule has 1 fully saturated rings. The van der Waals surface area contributed by atoms with Gasteiger partial charge in [0.2, 0.25) is 5.91 Å². The first-order valence-electron chi connectivity index (χ1n) is 9.18. The summed E-state index contributed by atoms with van der Waals surface area (Å²) in [5.41, 5.74) is -0.440. The number of amides is 1. The lowest BCUT2D eigenvalue weighted by atomic mass is 10.0. The highest BCUT2D eigenvalue weighted by molar-refractivity contribution is 6.33. The molecule has 2 aromatic rings. The van der Waals surface area contributed by atoms with Gasteiger partial charge in [-0.15, -0.1) is 0 Å². The summed E-state index contributed by atoms with van der Waals surface area (Å²) in [5.74, 6) is -1.66. The number of hydrogen-bond acceptors (Lipinski definition) is 4. The maximum atomic E-state index is 14.0. The van der Waals surface area contributed by atoms with Gasteiger partial charge in [0.05, 0.1) is 11.9 Å². The Labute approximate surface area is 166 Å². The van der Waals surface area contributed by atoms with Crippen molar-refractivity contribution in [2.45, 2.75) is 38.6 Å². The minimum atomic E-state index is -0.907. The number of rotatable bonds is 5. The molecule has 9 heteroatoms. The Balaban J connectivity index is 1.84. The van der Waals surface area contributed by atoms with Crippen LogP contribution in [0.5, 0.6) is 0 Å². The van der Waals surface area contributed by atoms with Gasteiger partial charge in [-0.2, -0.15) is 9.78 Å². The quantitative estimate of drug-likeness (QED) is 0.822. The molecule has 1 atom stereocenters. The van der Waals surface area contributed by atoms with Gasteiger partial charge >= 0.3 is 0 Å². The molecule has 1 aliphatic rings. The Hall–Kier alpha value is -2.48.